The molecule has 0 fully saturated rings. The third-order valence-corrected chi connectivity index (χ3v) is 3.58. The molecule has 0 radical (unpaired) electrons. The molecular weight excluding hydrogens is 258 g/mol. The van der Waals surface area contributed by atoms with Crippen LogP contribution >= 0.6 is 0 Å². The van der Waals surface area contributed by atoms with Gasteiger partial charge in [-0.3, -0.25) is 9.78 Å². The van der Waals surface area contributed by atoms with E-state index in [-0.39, 0.29) is 5.78 Å². The Labute approximate surface area is 123 Å². The molecule has 2 nitrogen and oxygen atoms in total. The normalized spacial score (nSPS) is 10.5. The molecule has 0 saturated carbocycles. The average molecular weight is 273 g/mol. The predicted molar refractivity (Wildman–Crippen MR) is 86.1 cm³/mol. The van der Waals surface area contributed by atoms with Crippen molar-refractivity contribution in [3.05, 3.63) is 79.1 Å². The zero-order valence-corrected chi connectivity index (χ0v) is 11.6. The minimum Gasteiger partial charge on any atom is -0.295 e. The molecule has 0 aliphatic rings. The SMILES string of the molecule is C=CC(=O)Cc1cnccc1-c1cccc2ccccc12. The number of rotatable bonds is 4. The van der Waals surface area contributed by atoms with E-state index in [1.807, 2.05) is 24.3 Å². The molecule has 102 valence electrons. The average Bonchev–Trinajstić information content (AvgIpc) is 2.55. The highest BCUT2D eigenvalue weighted by Crippen LogP contribution is 2.30. The van der Waals surface area contributed by atoms with Crippen LogP contribution in [0.5, 0.6) is 0 Å². The van der Waals surface area contributed by atoms with Crippen LogP contribution in [0, 0.1) is 0 Å². The highest BCUT2D eigenvalue weighted by atomic mass is 16.1. The predicted octanol–water partition coefficient (Wildman–Crippen LogP) is 4.20. The van der Waals surface area contributed by atoms with Gasteiger partial charge in [-0.15, -0.1) is 0 Å². The molecule has 0 unspecified atom stereocenters. The summed E-state index contributed by atoms with van der Waals surface area (Å²) in [5, 5.41) is 2.37. The van der Waals surface area contributed by atoms with Gasteiger partial charge >= 0.3 is 0 Å². The Kier molecular flexibility index (Phi) is 3.61. The molecule has 1 aromatic heterocycles. The second kappa shape index (κ2) is 5.71. The van der Waals surface area contributed by atoms with Gasteiger partial charge in [0.05, 0.1) is 0 Å². The second-order valence-corrected chi connectivity index (χ2v) is 4.91. The number of fused-ring (bicyclic) bond motifs is 1. The van der Waals surface area contributed by atoms with Crippen LogP contribution in [0.15, 0.2) is 73.6 Å². The zero-order valence-electron chi connectivity index (χ0n) is 11.6. The lowest BCUT2D eigenvalue weighted by Crippen LogP contribution is -2.00. The van der Waals surface area contributed by atoms with E-state index in [9.17, 15) is 4.79 Å². The fourth-order valence-corrected chi connectivity index (χ4v) is 2.55. The first-order valence-electron chi connectivity index (χ1n) is 6.86. The van der Waals surface area contributed by atoms with Crippen molar-refractivity contribution in [2.24, 2.45) is 0 Å². The molecule has 0 aliphatic carbocycles. The Morgan fingerprint density at radius 2 is 1.86 bits per heavy atom. The summed E-state index contributed by atoms with van der Waals surface area (Å²) in [4.78, 5) is 15.8. The fraction of sp³-hybridized carbons (Fsp3) is 0.0526. The van der Waals surface area contributed by atoms with Crippen molar-refractivity contribution in [2.45, 2.75) is 6.42 Å². The van der Waals surface area contributed by atoms with E-state index in [1.54, 1.807) is 12.4 Å². The Bertz CT molecular complexity index is 815. The van der Waals surface area contributed by atoms with Gasteiger partial charge in [0.15, 0.2) is 5.78 Å². The number of carbonyl (C=O) groups excluding carboxylic acids is 1. The van der Waals surface area contributed by atoms with Crippen molar-refractivity contribution in [3.8, 4) is 11.1 Å². The van der Waals surface area contributed by atoms with Gasteiger partial charge in [-0.25, -0.2) is 0 Å². The Morgan fingerprint density at radius 3 is 2.71 bits per heavy atom. The number of carbonyl (C=O) groups is 1. The number of hydrogen-bond donors (Lipinski definition) is 0. The summed E-state index contributed by atoms with van der Waals surface area (Å²) < 4.78 is 0. The molecule has 2 aromatic carbocycles. The van der Waals surface area contributed by atoms with Crippen molar-refractivity contribution < 1.29 is 4.79 Å². The summed E-state index contributed by atoms with van der Waals surface area (Å²) in [6, 6.07) is 16.4. The van der Waals surface area contributed by atoms with Crippen LogP contribution in [0.25, 0.3) is 21.9 Å². The molecular formula is C19H15NO. The van der Waals surface area contributed by atoms with Gasteiger partial charge in [-0.1, -0.05) is 49.0 Å². The zero-order chi connectivity index (χ0) is 14.7. The van der Waals surface area contributed by atoms with Crippen LogP contribution in [0.4, 0.5) is 0 Å². The smallest absolute Gasteiger partial charge is 0.159 e. The largest absolute Gasteiger partial charge is 0.295 e. The molecule has 3 aromatic rings. The maximum atomic E-state index is 11.7. The third-order valence-electron chi connectivity index (χ3n) is 3.58. The highest BCUT2D eigenvalue weighted by Gasteiger charge is 2.10. The Balaban J connectivity index is 2.19. The molecule has 0 aliphatic heterocycles. The van der Waals surface area contributed by atoms with E-state index < -0.39 is 0 Å². The molecule has 1 heterocycles. The van der Waals surface area contributed by atoms with Crippen LogP contribution in [0.2, 0.25) is 0 Å². The van der Waals surface area contributed by atoms with Gasteiger partial charge in [-0.05, 0) is 39.6 Å². The minimum absolute atomic E-state index is 0.00415. The molecule has 3 rings (SSSR count). The van der Waals surface area contributed by atoms with Crippen molar-refractivity contribution in [1.29, 1.82) is 0 Å². The first-order valence-corrected chi connectivity index (χ1v) is 6.86. The number of allylic oxidation sites excluding steroid dienone is 1. The van der Waals surface area contributed by atoms with Crippen LogP contribution < -0.4 is 0 Å². The summed E-state index contributed by atoms with van der Waals surface area (Å²) in [6.45, 7) is 3.54. The van der Waals surface area contributed by atoms with Crippen molar-refractivity contribution in [1.82, 2.24) is 4.98 Å². The molecule has 0 saturated heterocycles. The van der Waals surface area contributed by atoms with Gasteiger partial charge < -0.3 is 0 Å². The van der Waals surface area contributed by atoms with Crippen LogP contribution in [-0.4, -0.2) is 10.8 Å². The number of pyridine rings is 1. The number of aromatic nitrogens is 1. The lowest BCUT2D eigenvalue weighted by Gasteiger charge is -2.11. The molecule has 0 bridgehead atoms. The maximum Gasteiger partial charge on any atom is 0.159 e. The molecule has 2 heteroatoms. The van der Waals surface area contributed by atoms with E-state index in [0.29, 0.717) is 6.42 Å². The summed E-state index contributed by atoms with van der Waals surface area (Å²) in [7, 11) is 0. The van der Waals surface area contributed by atoms with E-state index in [1.165, 1.54) is 16.8 Å². The van der Waals surface area contributed by atoms with E-state index >= 15 is 0 Å². The van der Waals surface area contributed by atoms with E-state index in [0.717, 1.165) is 16.7 Å². The molecule has 21 heavy (non-hydrogen) atoms. The van der Waals surface area contributed by atoms with Crippen molar-refractivity contribution in [2.75, 3.05) is 0 Å². The Hall–Kier alpha value is -2.74. The van der Waals surface area contributed by atoms with E-state index in [4.69, 9.17) is 0 Å². The lowest BCUT2D eigenvalue weighted by atomic mass is 9.94. The lowest BCUT2D eigenvalue weighted by molar-refractivity contribution is -0.114. The van der Waals surface area contributed by atoms with E-state index in [2.05, 4.69) is 35.8 Å². The van der Waals surface area contributed by atoms with Crippen molar-refractivity contribution in [3.63, 3.8) is 0 Å². The monoisotopic (exact) mass is 273 g/mol. The van der Waals surface area contributed by atoms with Gasteiger partial charge in [0.2, 0.25) is 0 Å². The fourth-order valence-electron chi connectivity index (χ4n) is 2.55. The topological polar surface area (TPSA) is 30.0 Å². The molecule has 0 N–H and O–H groups in total. The molecule has 0 spiro atoms. The van der Waals surface area contributed by atoms with Crippen LogP contribution in [0.1, 0.15) is 5.56 Å². The summed E-state index contributed by atoms with van der Waals surface area (Å²) >= 11 is 0. The first kappa shape index (κ1) is 13.3. The third kappa shape index (κ3) is 2.61. The van der Waals surface area contributed by atoms with Crippen LogP contribution in [-0.2, 0) is 11.2 Å². The van der Waals surface area contributed by atoms with Gasteiger partial charge in [0.1, 0.15) is 0 Å². The minimum atomic E-state index is 0.00415. The first-order chi connectivity index (χ1) is 10.3. The highest BCUT2D eigenvalue weighted by molar-refractivity contribution is 5.98. The number of hydrogen-bond acceptors (Lipinski definition) is 2. The van der Waals surface area contributed by atoms with Gasteiger partial charge in [0.25, 0.3) is 0 Å². The second-order valence-electron chi connectivity index (χ2n) is 4.91. The number of nitrogens with zero attached hydrogens (tertiary/aromatic N) is 1. The van der Waals surface area contributed by atoms with Crippen LogP contribution in [0.3, 0.4) is 0 Å². The van der Waals surface area contributed by atoms with Crippen molar-refractivity contribution >= 4 is 16.6 Å². The quantitative estimate of drug-likeness (QED) is 0.667. The summed E-state index contributed by atoms with van der Waals surface area (Å²) in [5.41, 5.74) is 3.11. The molecule has 0 atom stereocenters. The number of ketones is 1. The standard InChI is InChI=1S/C19H15NO/c1-2-16(21)12-15-13-20-11-10-18(15)19-9-5-7-14-6-3-4-8-17(14)19/h2-11,13H,1,12H2. The maximum absolute atomic E-state index is 11.7. The molecule has 0 amide bonds. The van der Waals surface area contributed by atoms with Gasteiger partial charge in [-0.2, -0.15) is 0 Å². The summed E-state index contributed by atoms with van der Waals surface area (Å²) in [5.74, 6) is 0.00415. The Morgan fingerprint density at radius 1 is 1.05 bits per heavy atom. The van der Waals surface area contributed by atoms with Gasteiger partial charge in [0, 0.05) is 18.8 Å². The number of benzene rings is 2. The summed E-state index contributed by atoms with van der Waals surface area (Å²) in [6.07, 6.45) is 5.22.